The Bertz CT molecular complexity index is 653. The molecule has 0 aliphatic heterocycles. The minimum absolute atomic E-state index is 0.713. The molecule has 0 aliphatic carbocycles. The monoisotopic (exact) mass is 334 g/mol. The Hall–Kier alpha value is -1.68. The van der Waals surface area contributed by atoms with Gasteiger partial charge in [-0.15, -0.1) is 0 Å². The Morgan fingerprint density at radius 1 is 1.05 bits per heavy atom. The van der Waals surface area contributed by atoms with Crippen molar-refractivity contribution in [2.24, 2.45) is 0 Å². The smallest absolute Gasteiger partial charge is 0.125 e. The van der Waals surface area contributed by atoms with Crippen molar-refractivity contribution in [3.05, 3.63) is 45.4 Å². The zero-order valence-corrected chi connectivity index (χ0v) is 13.8. The molecule has 106 valence electrons. The minimum Gasteiger partial charge on any atom is -0.496 e. The maximum atomic E-state index is 6.03. The molecule has 0 spiro atoms. The number of halogens is 1. The number of ether oxygens (including phenoxy) is 1. The maximum absolute atomic E-state index is 6.03. The largest absolute Gasteiger partial charge is 0.496 e. The van der Waals surface area contributed by atoms with Gasteiger partial charge in [-0.05, 0) is 61.7 Å². The van der Waals surface area contributed by atoms with E-state index >= 15 is 0 Å². The number of hydrogen-bond donors (Lipinski definition) is 2. The van der Waals surface area contributed by atoms with Crippen LogP contribution >= 0.6 is 15.9 Å². The Balaban J connectivity index is 2.44. The molecule has 0 unspecified atom stereocenters. The number of aryl methyl sites for hydroxylation is 1. The van der Waals surface area contributed by atoms with Crippen LogP contribution in [0.3, 0.4) is 0 Å². The lowest BCUT2D eigenvalue weighted by Gasteiger charge is -2.18. The highest BCUT2D eigenvalue weighted by Crippen LogP contribution is 2.34. The van der Waals surface area contributed by atoms with Crippen LogP contribution in [0.2, 0.25) is 0 Å². The van der Waals surface area contributed by atoms with E-state index in [1.807, 2.05) is 25.1 Å². The maximum Gasteiger partial charge on any atom is 0.125 e. The highest BCUT2D eigenvalue weighted by molar-refractivity contribution is 9.10. The zero-order chi connectivity index (χ0) is 14.9. The molecule has 0 atom stereocenters. The van der Waals surface area contributed by atoms with Gasteiger partial charge in [-0.3, -0.25) is 0 Å². The molecule has 4 heteroatoms. The van der Waals surface area contributed by atoms with E-state index < -0.39 is 0 Å². The zero-order valence-electron chi connectivity index (χ0n) is 12.2. The summed E-state index contributed by atoms with van der Waals surface area (Å²) in [5.74, 6) is 0.942. The average Bonchev–Trinajstić information content (AvgIpc) is 2.39. The van der Waals surface area contributed by atoms with Crippen LogP contribution in [0.5, 0.6) is 5.75 Å². The van der Waals surface area contributed by atoms with Crippen molar-refractivity contribution >= 4 is 33.0 Å². The first-order valence-electron chi connectivity index (χ1n) is 6.41. The van der Waals surface area contributed by atoms with Crippen LogP contribution in [-0.2, 0) is 0 Å². The van der Waals surface area contributed by atoms with Crippen LogP contribution in [0, 0.1) is 20.8 Å². The van der Waals surface area contributed by atoms with Crippen molar-refractivity contribution < 1.29 is 4.74 Å². The third-order valence-electron chi connectivity index (χ3n) is 3.51. The van der Waals surface area contributed by atoms with E-state index in [0.29, 0.717) is 5.69 Å². The quantitative estimate of drug-likeness (QED) is 0.799. The van der Waals surface area contributed by atoms with Crippen molar-refractivity contribution in [2.45, 2.75) is 20.8 Å². The highest BCUT2D eigenvalue weighted by Gasteiger charge is 2.11. The number of nitrogens with one attached hydrogen (secondary N) is 1. The van der Waals surface area contributed by atoms with Gasteiger partial charge in [0.2, 0.25) is 0 Å². The van der Waals surface area contributed by atoms with Gasteiger partial charge in [-0.25, -0.2) is 0 Å². The van der Waals surface area contributed by atoms with Gasteiger partial charge in [0, 0.05) is 10.2 Å². The molecule has 0 radical (unpaired) electrons. The predicted molar refractivity (Wildman–Crippen MR) is 89.0 cm³/mol. The predicted octanol–water partition coefficient (Wildman–Crippen LogP) is 4.71. The van der Waals surface area contributed by atoms with Crippen LogP contribution < -0.4 is 15.8 Å². The second-order valence-corrected chi connectivity index (χ2v) is 5.80. The summed E-state index contributed by atoms with van der Waals surface area (Å²) in [6, 6.07) is 7.91. The molecule has 0 aromatic heterocycles. The summed E-state index contributed by atoms with van der Waals surface area (Å²) >= 11 is 3.41. The summed E-state index contributed by atoms with van der Waals surface area (Å²) in [6.45, 7) is 6.19. The average molecular weight is 335 g/mol. The first kappa shape index (κ1) is 14.7. The molecule has 3 N–H and O–H groups in total. The van der Waals surface area contributed by atoms with Gasteiger partial charge in [-0.1, -0.05) is 15.9 Å². The van der Waals surface area contributed by atoms with E-state index in [2.05, 4.69) is 41.2 Å². The van der Waals surface area contributed by atoms with Crippen LogP contribution in [0.4, 0.5) is 17.1 Å². The molecule has 0 amide bonds. The van der Waals surface area contributed by atoms with Crippen molar-refractivity contribution in [1.82, 2.24) is 0 Å². The number of anilines is 3. The third kappa shape index (κ3) is 2.75. The molecule has 2 aromatic rings. The summed E-state index contributed by atoms with van der Waals surface area (Å²) in [4.78, 5) is 0. The molecule has 0 bridgehead atoms. The van der Waals surface area contributed by atoms with Crippen LogP contribution in [0.25, 0.3) is 0 Å². The number of hydrogen-bond acceptors (Lipinski definition) is 3. The van der Waals surface area contributed by atoms with Crippen molar-refractivity contribution in [2.75, 3.05) is 18.2 Å². The molecular formula is C16H19BrN2O. The van der Waals surface area contributed by atoms with Gasteiger partial charge in [0.25, 0.3) is 0 Å². The first-order valence-corrected chi connectivity index (χ1v) is 7.20. The normalized spacial score (nSPS) is 10.4. The summed E-state index contributed by atoms with van der Waals surface area (Å²) in [6.07, 6.45) is 0. The molecule has 0 saturated heterocycles. The lowest BCUT2D eigenvalue weighted by Crippen LogP contribution is -2.01. The first-order chi connectivity index (χ1) is 9.43. The van der Waals surface area contributed by atoms with E-state index in [1.54, 1.807) is 7.11 Å². The molecule has 0 saturated carbocycles. The fourth-order valence-corrected chi connectivity index (χ4v) is 2.67. The highest BCUT2D eigenvalue weighted by atomic mass is 79.9. The van der Waals surface area contributed by atoms with Crippen molar-refractivity contribution in [3.63, 3.8) is 0 Å². The molecule has 0 heterocycles. The third-order valence-corrected chi connectivity index (χ3v) is 4.01. The van der Waals surface area contributed by atoms with Crippen LogP contribution in [-0.4, -0.2) is 7.11 Å². The van der Waals surface area contributed by atoms with Gasteiger partial charge in [0.05, 0.1) is 18.5 Å². The second kappa shape index (κ2) is 5.75. The van der Waals surface area contributed by atoms with Gasteiger partial charge in [0.15, 0.2) is 0 Å². The van der Waals surface area contributed by atoms with Gasteiger partial charge in [-0.2, -0.15) is 0 Å². The number of methoxy groups -OCH3 is 1. The summed E-state index contributed by atoms with van der Waals surface area (Å²) in [7, 11) is 1.70. The summed E-state index contributed by atoms with van der Waals surface area (Å²) in [5, 5.41) is 3.40. The van der Waals surface area contributed by atoms with Crippen LogP contribution in [0.1, 0.15) is 16.7 Å². The molecule has 3 nitrogen and oxygen atoms in total. The fraction of sp³-hybridized carbons (Fsp3) is 0.250. The molecule has 20 heavy (non-hydrogen) atoms. The summed E-state index contributed by atoms with van der Waals surface area (Å²) < 4.78 is 6.41. The number of benzene rings is 2. The standard InChI is InChI=1S/C16H19BrN2O/c1-9-7-15(10(2)11(3)16(9)20-4)19-14-6-5-12(17)8-13(14)18/h5-8,19H,18H2,1-4H3. The van der Waals surface area contributed by atoms with Gasteiger partial charge in [0.1, 0.15) is 5.75 Å². The Morgan fingerprint density at radius 2 is 1.75 bits per heavy atom. The van der Waals surface area contributed by atoms with E-state index in [0.717, 1.165) is 38.3 Å². The Morgan fingerprint density at radius 3 is 2.35 bits per heavy atom. The Kier molecular flexibility index (Phi) is 4.23. The number of nitrogen functional groups attached to an aromatic ring is 1. The lowest BCUT2D eigenvalue weighted by atomic mass is 10.0. The molecule has 0 fully saturated rings. The number of nitrogens with two attached hydrogens (primary N) is 1. The van der Waals surface area contributed by atoms with E-state index in [1.165, 1.54) is 0 Å². The molecule has 0 aliphatic rings. The van der Waals surface area contributed by atoms with Gasteiger partial charge < -0.3 is 15.8 Å². The van der Waals surface area contributed by atoms with Crippen LogP contribution in [0.15, 0.2) is 28.7 Å². The minimum atomic E-state index is 0.713. The van der Waals surface area contributed by atoms with E-state index in [9.17, 15) is 0 Å². The topological polar surface area (TPSA) is 47.3 Å². The van der Waals surface area contributed by atoms with E-state index in [4.69, 9.17) is 10.5 Å². The van der Waals surface area contributed by atoms with Crippen molar-refractivity contribution in [3.8, 4) is 5.75 Å². The molecule has 2 aromatic carbocycles. The molecular weight excluding hydrogens is 316 g/mol. The van der Waals surface area contributed by atoms with Gasteiger partial charge >= 0.3 is 0 Å². The SMILES string of the molecule is COc1c(C)cc(Nc2ccc(Br)cc2N)c(C)c1C. The fourth-order valence-electron chi connectivity index (χ4n) is 2.29. The summed E-state index contributed by atoms with van der Waals surface area (Å²) in [5.41, 5.74) is 12.1. The lowest BCUT2D eigenvalue weighted by molar-refractivity contribution is 0.408. The van der Waals surface area contributed by atoms with Crippen molar-refractivity contribution in [1.29, 1.82) is 0 Å². The number of rotatable bonds is 3. The van der Waals surface area contributed by atoms with E-state index in [-0.39, 0.29) is 0 Å². The molecule has 2 rings (SSSR count). The Labute approximate surface area is 128 Å². The second-order valence-electron chi connectivity index (χ2n) is 4.88.